The van der Waals surface area contributed by atoms with Crippen molar-refractivity contribution >= 4 is 22.5 Å². The summed E-state index contributed by atoms with van der Waals surface area (Å²) < 4.78 is 5.25. The van der Waals surface area contributed by atoms with Gasteiger partial charge in [0, 0.05) is 6.54 Å². The summed E-state index contributed by atoms with van der Waals surface area (Å²) >= 11 is 1.37. The molecule has 0 saturated carbocycles. The van der Waals surface area contributed by atoms with Gasteiger partial charge >= 0.3 is 6.03 Å². The van der Waals surface area contributed by atoms with Crippen LogP contribution in [-0.4, -0.2) is 36.0 Å². The monoisotopic (exact) mass is 270 g/mol. The average Bonchev–Trinajstić information content (AvgIpc) is 2.76. The summed E-state index contributed by atoms with van der Waals surface area (Å²) in [5.74, 6) is 0. The van der Waals surface area contributed by atoms with E-state index in [2.05, 4.69) is 27.4 Å². The Morgan fingerprint density at radius 3 is 2.89 bits per heavy atom. The van der Waals surface area contributed by atoms with Crippen LogP contribution in [0.4, 0.5) is 9.93 Å². The molecular formula is C11H18N4O2S. The van der Waals surface area contributed by atoms with Gasteiger partial charge in [-0.15, -0.1) is 10.2 Å². The number of hydrogen-bond acceptors (Lipinski definition) is 5. The second kappa shape index (κ2) is 7.78. The number of hydrogen-bond donors (Lipinski definition) is 2. The van der Waals surface area contributed by atoms with Crippen molar-refractivity contribution in [1.82, 2.24) is 15.5 Å². The molecule has 0 unspecified atom stereocenters. The predicted octanol–water partition coefficient (Wildman–Crippen LogP) is 1.81. The highest BCUT2D eigenvalue weighted by Crippen LogP contribution is 2.14. The lowest BCUT2D eigenvalue weighted by molar-refractivity contribution is 0.159. The Balaban J connectivity index is 2.15. The molecule has 2 amide bonds. The van der Waals surface area contributed by atoms with E-state index >= 15 is 0 Å². The first-order valence-corrected chi connectivity index (χ1v) is 6.52. The lowest BCUT2D eigenvalue weighted by atomic mass is 10.4. The fraction of sp³-hybridized carbons (Fsp3) is 0.545. The first-order valence-electron chi connectivity index (χ1n) is 5.71. The molecule has 0 atom stereocenters. The van der Waals surface area contributed by atoms with Crippen LogP contribution < -0.4 is 10.6 Å². The molecule has 0 spiro atoms. The molecule has 0 aliphatic carbocycles. The summed E-state index contributed by atoms with van der Waals surface area (Å²) in [6, 6.07) is -0.298. The maximum Gasteiger partial charge on any atom is 0.321 e. The van der Waals surface area contributed by atoms with Crippen molar-refractivity contribution in [1.29, 1.82) is 0 Å². The first-order chi connectivity index (χ1) is 8.61. The van der Waals surface area contributed by atoms with Crippen molar-refractivity contribution in [2.24, 2.45) is 0 Å². The number of anilines is 1. The number of nitrogens with one attached hydrogen (secondary N) is 2. The van der Waals surface area contributed by atoms with Crippen LogP contribution in [0.3, 0.4) is 0 Å². The highest BCUT2D eigenvalue weighted by Gasteiger charge is 2.06. The van der Waals surface area contributed by atoms with E-state index in [0.29, 0.717) is 24.9 Å². The topological polar surface area (TPSA) is 76.1 Å². The zero-order chi connectivity index (χ0) is 13.4. The summed E-state index contributed by atoms with van der Waals surface area (Å²) in [7, 11) is 0. The van der Waals surface area contributed by atoms with E-state index in [0.717, 1.165) is 17.0 Å². The van der Waals surface area contributed by atoms with Crippen molar-refractivity contribution in [3.05, 3.63) is 17.2 Å². The molecule has 1 rings (SSSR count). The van der Waals surface area contributed by atoms with Crippen LogP contribution in [0.2, 0.25) is 0 Å². The number of urea groups is 1. The highest BCUT2D eigenvalue weighted by atomic mass is 32.1. The van der Waals surface area contributed by atoms with Crippen molar-refractivity contribution in [3.8, 4) is 0 Å². The zero-order valence-corrected chi connectivity index (χ0v) is 11.5. The van der Waals surface area contributed by atoms with E-state index in [9.17, 15) is 4.79 Å². The number of carbonyl (C=O) groups excluding carboxylic acids is 1. The van der Waals surface area contributed by atoms with E-state index in [1.54, 1.807) is 0 Å². The van der Waals surface area contributed by atoms with Gasteiger partial charge in [0.15, 0.2) is 0 Å². The Kier molecular flexibility index (Phi) is 6.31. The second-order valence-electron chi connectivity index (χ2n) is 3.75. The molecular weight excluding hydrogens is 252 g/mol. The Hall–Kier alpha value is -1.47. The predicted molar refractivity (Wildman–Crippen MR) is 71.9 cm³/mol. The SMILES string of the molecule is C=C(C)COCCNC(=O)Nc1nnc(CC)s1. The Morgan fingerprint density at radius 2 is 2.28 bits per heavy atom. The largest absolute Gasteiger partial charge is 0.375 e. The van der Waals surface area contributed by atoms with Gasteiger partial charge in [-0.25, -0.2) is 4.79 Å². The Bertz CT molecular complexity index is 406. The van der Waals surface area contributed by atoms with Gasteiger partial charge in [-0.3, -0.25) is 5.32 Å². The number of carbonyl (C=O) groups is 1. The molecule has 18 heavy (non-hydrogen) atoms. The Morgan fingerprint density at radius 1 is 1.50 bits per heavy atom. The number of rotatable bonds is 7. The summed E-state index contributed by atoms with van der Waals surface area (Å²) in [5.41, 5.74) is 0.959. The number of ether oxygens (including phenoxy) is 1. The minimum absolute atomic E-state index is 0.298. The molecule has 0 fully saturated rings. The quantitative estimate of drug-likeness (QED) is 0.585. The van der Waals surface area contributed by atoms with Crippen LogP contribution in [0, 0.1) is 0 Å². The van der Waals surface area contributed by atoms with Crippen LogP contribution in [-0.2, 0) is 11.2 Å². The lowest BCUT2D eigenvalue weighted by Crippen LogP contribution is -2.31. The van der Waals surface area contributed by atoms with Gasteiger partial charge < -0.3 is 10.1 Å². The molecule has 100 valence electrons. The minimum atomic E-state index is -0.298. The maximum atomic E-state index is 11.5. The molecule has 6 nitrogen and oxygen atoms in total. The second-order valence-corrected chi connectivity index (χ2v) is 4.81. The standard InChI is InChI=1S/C11H18N4O2S/c1-4-9-14-15-11(18-9)13-10(16)12-5-6-17-7-8(2)3/h2,4-7H2,1,3H3,(H2,12,13,15,16). The highest BCUT2D eigenvalue weighted by molar-refractivity contribution is 7.15. The van der Waals surface area contributed by atoms with Crippen LogP contribution in [0.25, 0.3) is 0 Å². The first kappa shape index (κ1) is 14.6. The van der Waals surface area contributed by atoms with Gasteiger partial charge in [0.2, 0.25) is 5.13 Å². The zero-order valence-electron chi connectivity index (χ0n) is 10.7. The van der Waals surface area contributed by atoms with Gasteiger partial charge in [0.1, 0.15) is 5.01 Å². The molecule has 0 aromatic carbocycles. The third-order valence-corrected chi connectivity index (χ3v) is 2.85. The van der Waals surface area contributed by atoms with Gasteiger partial charge in [-0.05, 0) is 13.3 Å². The normalized spacial score (nSPS) is 10.1. The number of aromatic nitrogens is 2. The van der Waals surface area contributed by atoms with Crippen LogP contribution in [0.5, 0.6) is 0 Å². The molecule has 1 aromatic heterocycles. The van der Waals surface area contributed by atoms with Crippen LogP contribution in [0.1, 0.15) is 18.9 Å². The summed E-state index contributed by atoms with van der Waals surface area (Å²) in [6.45, 7) is 9.01. The van der Waals surface area contributed by atoms with E-state index in [1.165, 1.54) is 11.3 Å². The van der Waals surface area contributed by atoms with E-state index in [4.69, 9.17) is 4.74 Å². The van der Waals surface area contributed by atoms with Crippen molar-refractivity contribution in [2.75, 3.05) is 25.1 Å². The number of aryl methyl sites for hydroxylation is 1. The smallest absolute Gasteiger partial charge is 0.321 e. The minimum Gasteiger partial charge on any atom is -0.375 e. The molecule has 0 aliphatic rings. The molecule has 7 heteroatoms. The molecule has 1 heterocycles. The fourth-order valence-electron chi connectivity index (χ4n) is 1.07. The lowest BCUT2D eigenvalue weighted by Gasteiger charge is -2.05. The van der Waals surface area contributed by atoms with Gasteiger partial charge in [0.25, 0.3) is 0 Å². The van der Waals surface area contributed by atoms with E-state index < -0.39 is 0 Å². The third kappa shape index (κ3) is 5.74. The van der Waals surface area contributed by atoms with Crippen molar-refractivity contribution < 1.29 is 9.53 Å². The number of amides is 2. The van der Waals surface area contributed by atoms with E-state index in [-0.39, 0.29) is 6.03 Å². The summed E-state index contributed by atoms with van der Waals surface area (Å²) in [5, 5.41) is 14.4. The summed E-state index contributed by atoms with van der Waals surface area (Å²) in [6.07, 6.45) is 0.815. The fourth-order valence-corrected chi connectivity index (χ4v) is 1.75. The van der Waals surface area contributed by atoms with Crippen molar-refractivity contribution in [3.63, 3.8) is 0 Å². The van der Waals surface area contributed by atoms with Gasteiger partial charge in [-0.1, -0.05) is 30.4 Å². The van der Waals surface area contributed by atoms with Gasteiger partial charge in [0.05, 0.1) is 13.2 Å². The molecule has 1 aromatic rings. The summed E-state index contributed by atoms with van der Waals surface area (Å²) in [4.78, 5) is 11.5. The molecule has 0 aliphatic heterocycles. The number of nitrogens with zero attached hydrogens (tertiary/aromatic N) is 2. The average molecular weight is 270 g/mol. The molecule has 2 N–H and O–H groups in total. The molecule has 0 saturated heterocycles. The van der Waals surface area contributed by atoms with Crippen LogP contribution >= 0.6 is 11.3 Å². The molecule has 0 radical (unpaired) electrons. The molecule has 0 bridgehead atoms. The van der Waals surface area contributed by atoms with Crippen LogP contribution in [0.15, 0.2) is 12.2 Å². The third-order valence-electron chi connectivity index (χ3n) is 1.87. The Labute approximate surface area is 110 Å². The van der Waals surface area contributed by atoms with Crippen molar-refractivity contribution in [2.45, 2.75) is 20.3 Å². The maximum absolute atomic E-state index is 11.5. The van der Waals surface area contributed by atoms with E-state index in [1.807, 2.05) is 13.8 Å². The van der Waals surface area contributed by atoms with Gasteiger partial charge in [-0.2, -0.15) is 0 Å².